The third-order valence-electron chi connectivity index (χ3n) is 2.53. The number of halogens is 1. The minimum atomic E-state index is 0.0706. The maximum Gasteiger partial charge on any atom is 0.130 e. The van der Waals surface area contributed by atoms with E-state index in [2.05, 4.69) is 10.3 Å². The molecule has 1 aliphatic rings. The normalized spacial score (nSPS) is 20.2. The van der Waals surface area contributed by atoms with E-state index in [0.717, 1.165) is 23.7 Å². The number of hydrogen-bond acceptors (Lipinski definition) is 4. The average molecular weight is 241 g/mol. The lowest BCUT2D eigenvalue weighted by Crippen LogP contribution is -2.29. The minimum Gasteiger partial charge on any atom is -0.467 e. The van der Waals surface area contributed by atoms with E-state index in [1.54, 1.807) is 12.5 Å². The van der Waals surface area contributed by atoms with Crippen LogP contribution in [0.25, 0.3) is 0 Å². The van der Waals surface area contributed by atoms with Crippen LogP contribution in [0.15, 0.2) is 22.9 Å². The number of rotatable bonds is 1. The van der Waals surface area contributed by atoms with E-state index in [9.17, 15) is 0 Å². The second-order valence-corrected chi connectivity index (χ2v) is 5.14. The van der Waals surface area contributed by atoms with Gasteiger partial charge in [0.15, 0.2) is 0 Å². The third kappa shape index (κ3) is 1.58. The van der Waals surface area contributed by atoms with Gasteiger partial charge < -0.3 is 9.73 Å². The molecule has 0 aliphatic carbocycles. The minimum absolute atomic E-state index is 0.0706. The number of furan rings is 1. The molecule has 1 aliphatic heterocycles. The summed E-state index contributed by atoms with van der Waals surface area (Å²) in [6, 6.07) is 2.10. The zero-order valence-corrected chi connectivity index (χ0v) is 9.44. The van der Waals surface area contributed by atoms with E-state index >= 15 is 0 Å². The molecule has 0 amide bonds. The first-order chi connectivity index (χ1) is 7.34. The lowest BCUT2D eigenvalue weighted by Gasteiger charge is -2.20. The average Bonchev–Trinajstić information content (AvgIpc) is 2.84. The van der Waals surface area contributed by atoms with Gasteiger partial charge in [-0.25, -0.2) is 4.98 Å². The molecule has 3 rings (SSSR count). The van der Waals surface area contributed by atoms with Crippen LogP contribution < -0.4 is 5.32 Å². The van der Waals surface area contributed by atoms with Gasteiger partial charge in [-0.2, -0.15) is 0 Å². The summed E-state index contributed by atoms with van der Waals surface area (Å²) in [5.74, 6) is 0.979. The summed E-state index contributed by atoms with van der Waals surface area (Å²) in [4.78, 5) is 4.28. The van der Waals surface area contributed by atoms with Crippen molar-refractivity contribution in [3.8, 4) is 0 Å². The lowest BCUT2D eigenvalue weighted by molar-refractivity contribution is 0.424. The first-order valence-corrected chi connectivity index (χ1v) is 5.95. The van der Waals surface area contributed by atoms with Gasteiger partial charge in [-0.3, -0.25) is 0 Å². The highest BCUT2D eigenvalue weighted by Crippen LogP contribution is 2.32. The molecule has 1 atom stereocenters. The van der Waals surface area contributed by atoms with Crippen LogP contribution in [-0.2, 0) is 6.42 Å². The van der Waals surface area contributed by atoms with Gasteiger partial charge in [0.2, 0.25) is 0 Å². The molecule has 2 aromatic rings. The molecule has 3 nitrogen and oxygen atoms in total. The molecule has 78 valence electrons. The third-order valence-corrected chi connectivity index (χ3v) is 3.71. The molecule has 0 saturated heterocycles. The first kappa shape index (κ1) is 9.39. The number of fused-ring (bicyclic) bond motifs is 1. The van der Waals surface area contributed by atoms with Gasteiger partial charge in [0.05, 0.1) is 12.5 Å². The van der Waals surface area contributed by atoms with Crippen LogP contribution in [0.2, 0.25) is 4.34 Å². The van der Waals surface area contributed by atoms with Crippen molar-refractivity contribution in [1.82, 2.24) is 10.3 Å². The largest absolute Gasteiger partial charge is 0.467 e. The van der Waals surface area contributed by atoms with Crippen LogP contribution in [0.4, 0.5) is 0 Å². The second kappa shape index (κ2) is 3.63. The summed E-state index contributed by atoms with van der Waals surface area (Å²) in [5.41, 5.74) is 1.27. The fraction of sp³-hybridized carbons (Fsp3) is 0.300. The molecular formula is C10H9ClN2OS. The molecule has 0 spiro atoms. The van der Waals surface area contributed by atoms with E-state index in [1.807, 2.05) is 6.07 Å². The Hall–Kier alpha value is -0.840. The number of nitrogens with one attached hydrogen (secondary N) is 1. The Kier molecular flexibility index (Phi) is 2.27. The molecule has 3 heterocycles. The molecule has 0 fully saturated rings. The maximum absolute atomic E-state index is 5.88. The van der Waals surface area contributed by atoms with Crippen molar-refractivity contribution in [2.75, 3.05) is 6.54 Å². The SMILES string of the molecule is Clc1cnc(C2NCCc3ccoc32)s1. The van der Waals surface area contributed by atoms with Crippen LogP contribution in [-0.4, -0.2) is 11.5 Å². The van der Waals surface area contributed by atoms with Gasteiger partial charge in [0.1, 0.15) is 21.1 Å². The van der Waals surface area contributed by atoms with Crippen molar-refractivity contribution in [2.24, 2.45) is 0 Å². The molecule has 0 bridgehead atoms. The molecular weight excluding hydrogens is 232 g/mol. The Morgan fingerprint density at radius 3 is 3.33 bits per heavy atom. The topological polar surface area (TPSA) is 38.1 Å². The van der Waals surface area contributed by atoms with Gasteiger partial charge in [-0.05, 0) is 18.1 Å². The highest BCUT2D eigenvalue weighted by atomic mass is 35.5. The summed E-state index contributed by atoms with van der Waals surface area (Å²) >= 11 is 7.37. The highest BCUT2D eigenvalue weighted by Gasteiger charge is 2.26. The Labute approximate surface area is 96.1 Å². The van der Waals surface area contributed by atoms with Crippen molar-refractivity contribution in [3.05, 3.63) is 39.2 Å². The van der Waals surface area contributed by atoms with Crippen molar-refractivity contribution in [1.29, 1.82) is 0 Å². The summed E-state index contributed by atoms with van der Waals surface area (Å²) < 4.78 is 6.21. The lowest BCUT2D eigenvalue weighted by atomic mass is 10.0. The summed E-state index contributed by atoms with van der Waals surface area (Å²) in [5, 5.41) is 4.35. The molecule has 15 heavy (non-hydrogen) atoms. The predicted molar refractivity (Wildman–Crippen MR) is 59.4 cm³/mol. The maximum atomic E-state index is 5.88. The zero-order chi connectivity index (χ0) is 10.3. The van der Waals surface area contributed by atoms with E-state index in [-0.39, 0.29) is 6.04 Å². The van der Waals surface area contributed by atoms with Crippen LogP contribution >= 0.6 is 22.9 Å². The molecule has 2 aromatic heterocycles. The van der Waals surface area contributed by atoms with E-state index in [1.165, 1.54) is 16.9 Å². The summed E-state index contributed by atoms with van der Waals surface area (Å²) in [6.45, 7) is 0.953. The Bertz CT molecular complexity index is 479. The van der Waals surface area contributed by atoms with Crippen LogP contribution in [0.5, 0.6) is 0 Å². The molecule has 0 saturated carbocycles. The highest BCUT2D eigenvalue weighted by molar-refractivity contribution is 7.15. The van der Waals surface area contributed by atoms with E-state index < -0.39 is 0 Å². The Morgan fingerprint density at radius 1 is 1.60 bits per heavy atom. The van der Waals surface area contributed by atoms with Crippen LogP contribution in [0, 0.1) is 0 Å². The fourth-order valence-electron chi connectivity index (χ4n) is 1.85. The van der Waals surface area contributed by atoms with Gasteiger partial charge in [0, 0.05) is 6.54 Å². The smallest absolute Gasteiger partial charge is 0.130 e. The van der Waals surface area contributed by atoms with E-state index in [0.29, 0.717) is 4.34 Å². The van der Waals surface area contributed by atoms with Gasteiger partial charge in [-0.15, -0.1) is 11.3 Å². The molecule has 5 heteroatoms. The molecule has 1 N–H and O–H groups in total. The number of nitrogens with zero attached hydrogens (tertiary/aromatic N) is 1. The monoisotopic (exact) mass is 240 g/mol. The van der Waals surface area contributed by atoms with Crippen LogP contribution in [0.1, 0.15) is 22.4 Å². The van der Waals surface area contributed by atoms with E-state index in [4.69, 9.17) is 16.0 Å². The molecule has 1 unspecified atom stereocenters. The van der Waals surface area contributed by atoms with Crippen molar-refractivity contribution in [3.63, 3.8) is 0 Å². The van der Waals surface area contributed by atoms with Gasteiger partial charge in [-0.1, -0.05) is 11.6 Å². The quantitative estimate of drug-likeness (QED) is 0.833. The first-order valence-electron chi connectivity index (χ1n) is 4.75. The number of thiazole rings is 1. The van der Waals surface area contributed by atoms with Crippen molar-refractivity contribution >= 4 is 22.9 Å². The zero-order valence-electron chi connectivity index (χ0n) is 7.87. The van der Waals surface area contributed by atoms with Gasteiger partial charge in [0.25, 0.3) is 0 Å². The molecule has 0 aromatic carbocycles. The summed E-state index contributed by atoms with van der Waals surface area (Å²) in [7, 11) is 0. The fourth-order valence-corrected chi connectivity index (χ4v) is 2.86. The second-order valence-electron chi connectivity index (χ2n) is 3.45. The number of hydrogen-bond donors (Lipinski definition) is 1. The van der Waals surface area contributed by atoms with Crippen molar-refractivity contribution < 1.29 is 4.42 Å². The Morgan fingerprint density at radius 2 is 2.53 bits per heavy atom. The molecule has 0 radical (unpaired) electrons. The van der Waals surface area contributed by atoms with Crippen molar-refractivity contribution in [2.45, 2.75) is 12.5 Å². The number of aromatic nitrogens is 1. The predicted octanol–water partition coefficient (Wildman–Crippen LogP) is 2.62. The van der Waals surface area contributed by atoms with Gasteiger partial charge >= 0.3 is 0 Å². The standard InChI is InChI=1S/C10H9ClN2OS/c11-7-5-13-10(15-7)8-9-6(1-3-12-8)2-4-14-9/h2,4-5,8,12H,1,3H2. The summed E-state index contributed by atoms with van der Waals surface area (Å²) in [6.07, 6.45) is 4.43. The van der Waals surface area contributed by atoms with Crippen LogP contribution in [0.3, 0.4) is 0 Å². The Balaban J connectivity index is 2.02.